The Balaban J connectivity index is 1.25. The number of carbonyl (C=O) groups excluding carboxylic acids is 1. The molecule has 6 rings (SSSR count). The zero-order valence-corrected chi connectivity index (χ0v) is 24.5. The minimum absolute atomic E-state index is 0.0499. The first-order chi connectivity index (χ1) is 20.4. The maximum Gasteiger partial charge on any atom is 0.319 e. The summed E-state index contributed by atoms with van der Waals surface area (Å²) in [6.07, 6.45) is 3.37. The molecule has 12 nitrogen and oxygen atoms in total. The number of anilines is 3. The zero-order chi connectivity index (χ0) is 29.4. The van der Waals surface area contributed by atoms with Crippen molar-refractivity contribution in [3.8, 4) is 22.6 Å². The fraction of sp³-hybridized carbons (Fsp3) is 0.276. The number of fused-ring (bicyclic) bond motifs is 3. The van der Waals surface area contributed by atoms with Gasteiger partial charge in [0.25, 0.3) is 0 Å². The van der Waals surface area contributed by atoms with Crippen LogP contribution in [0.4, 0.5) is 22.1 Å². The van der Waals surface area contributed by atoms with Gasteiger partial charge >= 0.3 is 6.03 Å². The van der Waals surface area contributed by atoms with Crippen LogP contribution in [-0.4, -0.2) is 94.9 Å². The van der Waals surface area contributed by atoms with Crippen molar-refractivity contribution < 1.29 is 14.3 Å². The highest BCUT2D eigenvalue weighted by atomic mass is 35.5. The van der Waals surface area contributed by atoms with Gasteiger partial charge in [-0.25, -0.2) is 9.78 Å². The summed E-state index contributed by atoms with van der Waals surface area (Å²) in [7, 11) is 6.71. The van der Waals surface area contributed by atoms with E-state index < -0.39 is 0 Å². The van der Waals surface area contributed by atoms with Gasteiger partial charge in [0.05, 0.1) is 19.2 Å². The summed E-state index contributed by atoms with van der Waals surface area (Å²) in [4.78, 5) is 27.3. The molecule has 0 spiro atoms. The largest absolute Gasteiger partial charge is 0.497 e. The second-order valence-electron chi connectivity index (χ2n) is 10.1. The number of urea groups is 1. The fourth-order valence-corrected chi connectivity index (χ4v) is 5.38. The standard InChI is InChI=1S/C29H30ClN9O3/c1-36(2)29(40)38-11-9-37(10-12-38)20-7-5-19(6-8-20)33-28-31-16-18-13-23(27-35-32-17-39(27)26(18)34-28)22-14-21(41-3)15-24(42-4)25(22)30/h5-8,13-17H,9-12H2,1-4H3,(H,31,33,34). The quantitative estimate of drug-likeness (QED) is 0.305. The molecule has 216 valence electrons. The predicted octanol–water partition coefficient (Wildman–Crippen LogP) is 4.56. The number of methoxy groups -OCH3 is 2. The number of nitrogens with one attached hydrogen (secondary N) is 1. The number of hydrogen-bond acceptors (Lipinski definition) is 9. The lowest BCUT2D eigenvalue weighted by Gasteiger charge is -2.37. The van der Waals surface area contributed by atoms with Gasteiger partial charge in [0.2, 0.25) is 5.95 Å². The molecule has 1 aliphatic heterocycles. The average Bonchev–Trinajstić information content (AvgIpc) is 3.52. The van der Waals surface area contributed by atoms with Gasteiger partial charge in [-0.15, -0.1) is 10.2 Å². The molecular weight excluding hydrogens is 558 g/mol. The summed E-state index contributed by atoms with van der Waals surface area (Å²) >= 11 is 6.70. The summed E-state index contributed by atoms with van der Waals surface area (Å²) in [6, 6.07) is 13.7. The van der Waals surface area contributed by atoms with E-state index in [-0.39, 0.29) is 6.03 Å². The molecule has 0 radical (unpaired) electrons. The minimum Gasteiger partial charge on any atom is -0.497 e. The number of benzene rings is 2. The van der Waals surface area contributed by atoms with Crippen LogP contribution in [0.15, 0.2) is 55.0 Å². The van der Waals surface area contributed by atoms with E-state index >= 15 is 0 Å². The van der Waals surface area contributed by atoms with E-state index in [0.717, 1.165) is 35.4 Å². The molecule has 0 saturated carbocycles. The first-order valence-electron chi connectivity index (χ1n) is 13.4. The Kier molecular flexibility index (Phi) is 7.29. The van der Waals surface area contributed by atoms with Crippen LogP contribution in [0.1, 0.15) is 0 Å². The third-order valence-electron chi connectivity index (χ3n) is 7.29. The number of amides is 2. The molecule has 2 aromatic carbocycles. The lowest BCUT2D eigenvalue weighted by Crippen LogP contribution is -2.51. The molecule has 1 fully saturated rings. The third kappa shape index (κ3) is 5.05. The Labute approximate surface area is 247 Å². The van der Waals surface area contributed by atoms with Gasteiger partial charge in [-0.1, -0.05) is 11.6 Å². The monoisotopic (exact) mass is 587 g/mol. The van der Waals surface area contributed by atoms with Crippen LogP contribution in [-0.2, 0) is 0 Å². The highest BCUT2D eigenvalue weighted by Gasteiger charge is 2.22. The van der Waals surface area contributed by atoms with Crippen LogP contribution in [0.25, 0.3) is 27.8 Å². The van der Waals surface area contributed by atoms with Crippen molar-refractivity contribution in [1.82, 2.24) is 34.4 Å². The Morgan fingerprint density at radius 1 is 0.976 bits per heavy atom. The Bertz CT molecular complexity index is 1770. The molecule has 5 aromatic rings. The van der Waals surface area contributed by atoms with Crippen LogP contribution in [0.5, 0.6) is 11.5 Å². The maximum atomic E-state index is 12.2. The van der Waals surface area contributed by atoms with Crippen molar-refractivity contribution in [2.24, 2.45) is 0 Å². The first kappa shape index (κ1) is 27.3. The van der Waals surface area contributed by atoms with Crippen molar-refractivity contribution >= 4 is 51.6 Å². The van der Waals surface area contributed by atoms with E-state index in [9.17, 15) is 4.79 Å². The zero-order valence-electron chi connectivity index (χ0n) is 23.7. The SMILES string of the molecule is COc1cc(OC)c(Cl)c(-c2cc3cnc(Nc4ccc(N5CCN(C(=O)N(C)C)CC5)cc4)nc3n3cnnc23)c1. The fourth-order valence-electron chi connectivity index (χ4n) is 5.09. The normalized spacial score (nSPS) is 13.5. The Morgan fingerprint density at radius 2 is 1.74 bits per heavy atom. The van der Waals surface area contributed by atoms with Gasteiger partial charge < -0.3 is 29.5 Å². The van der Waals surface area contributed by atoms with Crippen LogP contribution in [0, 0.1) is 0 Å². The topological polar surface area (TPSA) is 113 Å². The molecule has 0 atom stereocenters. The smallest absolute Gasteiger partial charge is 0.319 e. The lowest BCUT2D eigenvalue weighted by molar-refractivity contribution is 0.168. The lowest BCUT2D eigenvalue weighted by atomic mass is 10.0. The van der Waals surface area contributed by atoms with Crippen molar-refractivity contribution in [1.29, 1.82) is 0 Å². The van der Waals surface area contributed by atoms with E-state index in [1.54, 1.807) is 51.8 Å². The number of ether oxygens (including phenoxy) is 2. The molecule has 1 saturated heterocycles. The van der Waals surface area contributed by atoms with Gasteiger partial charge in [0.1, 0.15) is 17.8 Å². The number of rotatable bonds is 6. The van der Waals surface area contributed by atoms with Crippen molar-refractivity contribution in [2.75, 3.05) is 64.7 Å². The van der Waals surface area contributed by atoms with Gasteiger partial charge in [0.15, 0.2) is 11.3 Å². The average molecular weight is 588 g/mol. The second kappa shape index (κ2) is 11.2. The van der Waals surface area contributed by atoms with E-state index in [4.69, 9.17) is 26.1 Å². The molecular formula is C29H30ClN9O3. The maximum absolute atomic E-state index is 12.2. The molecule has 1 N–H and O–H groups in total. The van der Waals surface area contributed by atoms with Crippen LogP contribution in [0.2, 0.25) is 5.02 Å². The summed E-state index contributed by atoms with van der Waals surface area (Å²) in [6.45, 7) is 2.95. The van der Waals surface area contributed by atoms with E-state index in [1.165, 1.54) is 0 Å². The second-order valence-corrected chi connectivity index (χ2v) is 10.4. The number of hydrogen-bond donors (Lipinski definition) is 1. The van der Waals surface area contributed by atoms with E-state index in [0.29, 0.717) is 52.4 Å². The highest BCUT2D eigenvalue weighted by molar-refractivity contribution is 6.35. The number of halogens is 1. The van der Waals surface area contributed by atoms with Crippen molar-refractivity contribution in [3.63, 3.8) is 0 Å². The molecule has 0 unspecified atom stereocenters. The highest BCUT2D eigenvalue weighted by Crippen LogP contribution is 2.41. The number of pyridine rings is 1. The van der Waals surface area contributed by atoms with Crippen molar-refractivity contribution in [2.45, 2.75) is 0 Å². The molecule has 1 aliphatic rings. The Hall–Kier alpha value is -4.84. The number of carbonyl (C=O) groups is 1. The molecule has 42 heavy (non-hydrogen) atoms. The molecule has 3 aromatic heterocycles. The van der Waals surface area contributed by atoms with Crippen LogP contribution in [0.3, 0.4) is 0 Å². The number of aromatic nitrogens is 5. The minimum atomic E-state index is 0.0499. The molecule has 13 heteroatoms. The number of piperazine rings is 1. The molecule has 4 heterocycles. The summed E-state index contributed by atoms with van der Waals surface area (Å²) in [5.74, 6) is 1.54. The first-order valence-corrected chi connectivity index (χ1v) is 13.7. The van der Waals surface area contributed by atoms with Crippen molar-refractivity contribution in [3.05, 3.63) is 60.0 Å². The number of nitrogens with zero attached hydrogens (tertiary/aromatic N) is 8. The van der Waals surface area contributed by atoms with Gasteiger partial charge in [-0.2, -0.15) is 4.98 Å². The summed E-state index contributed by atoms with van der Waals surface area (Å²) in [5.41, 5.74) is 4.62. The van der Waals surface area contributed by atoms with Gasteiger partial charge in [0, 0.05) is 80.4 Å². The van der Waals surface area contributed by atoms with Crippen LogP contribution < -0.4 is 19.7 Å². The van der Waals surface area contributed by atoms with E-state index in [2.05, 4.69) is 37.5 Å². The predicted molar refractivity (Wildman–Crippen MR) is 162 cm³/mol. The molecule has 0 aliphatic carbocycles. The van der Waals surface area contributed by atoms with E-state index in [1.807, 2.05) is 33.6 Å². The summed E-state index contributed by atoms with van der Waals surface area (Å²) in [5, 5.41) is 13.0. The third-order valence-corrected chi connectivity index (χ3v) is 7.68. The van der Waals surface area contributed by atoms with Gasteiger partial charge in [-0.3, -0.25) is 4.40 Å². The van der Waals surface area contributed by atoms with Gasteiger partial charge in [-0.05, 0) is 36.4 Å². The Morgan fingerprint density at radius 3 is 2.43 bits per heavy atom. The molecule has 0 bridgehead atoms. The summed E-state index contributed by atoms with van der Waals surface area (Å²) < 4.78 is 12.7. The molecule has 2 amide bonds. The van der Waals surface area contributed by atoms with Crippen LogP contribution >= 0.6 is 11.6 Å².